The monoisotopic (exact) mass is 327 g/mol. The first-order valence-electron chi connectivity index (χ1n) is 7.06. The van der Waals surface area contributed by atoms with E-state index in [2.05, 4.69) is 20.5 Å². The lowest BCUT2D eigenvalue weighted by molar-refractivity contribution is -0.385. The van der Waals surface area contributed by atoms with Crippen molar-refractivity contribution in [1.82, 2.24) is 20.5 Å². The number of rotatable bonds is 4. The van der Waals surface area contributed by atoms with Crippen LogP contribution in [0.3, 0.4) is 0 Å². The number of pyridine rings is 1. The highest BCUT2D eigenvalue weighted by Gasteiger charge is 2.26. The van der Waals surface area contributed by atoms with Crippen LogP contribution in [0.15, 0.2) is 35.1 Å². The summed E-state index contributed by atoms with van der Waals surface area (Å²) < 4.78 is 0. The number of aryl methyl sites for hydroxylation is 1. The van der Waals surface area contributed by atoms with E-state index in [0.29, 0.717) is 11.1 Å². The molecule has 0 atom stereocenters. The minimum atomic E-state index is -0.685. The van der Waals surface area contributed by atoms with E-state index in [1.165, 1.54) is 13.0 Å². The summed E-state index contributed by atoms with van der Waals surface area (Å²) in [6, 6.07) is 8.55. The largest absolute Gasteiger partial charge is 0.346 e. The summed E-state index contributed by atoms with van der Waals surface area (Å²) in [6.07, 6.45) is 0. The van der Waals surface area contributed by atoms with Crippen LogP contribution in [-0.2, 0) is 6.54 Å². The maximum absolute atomic E-state index is 12.2. The molecule has 122 valence electrons. The van der Waals surface area contributed by atoms with Crippen LogP contribution < -0.4 is 10.9 Å². The number of nitro groups is 1. The predicted octanol–water partition coefficient (Wildman–Crippen LogP) is 1.40. The molecule has 24 heavy (non-hydrogen) atoms. The number of aromatic amines is 2. The lowest BCUT2D eigenvalue weighted by atomic mass is 10.1. The molecule has 2 aromatic heterocycles. The molecule has 9 nitrogen and oxygen atoms in total. The highest BCUT2D eigenvalue weighted by atomic mass is 16.6. The first-order valence-corrected chi connectivity index (χ1v) is 7.06. The van der Waals surface area contributed by atoms with Crippen molar-refractivity contribution < 1.29 is 9.72 Å². The van der Waals surface area contributed by atoms with Gasteiger partial charge < -0.3 is 10.3 Å². The average Bonchev–Trinajstić information content (AvgIpc) is 2.94. The van der Waals surface area contributed by atoms with Gasteiger partial charge in [0.2, 0.25) is 11.3 Å². The number of carbonyl (C=O) groups is 1. The topological polar surface area (TPSA) is 134 Å². The summed E-state index contributed by atoms with van der Waals surface area (Å²) in [4.78, 5) is 37.0. The molecule has 2 heterocycles. The molecule has 3 N–H and O–H groups in total. The number of H-pyrrole nitrogens is 2. The molecule has 0 aliphatic carbocycles. The van der Waals surface area contributed by atoms with Crippen molar-refractivity contribution in [2.45, 2.75) is 13.5 Å². The van der Waals surface area contributed by atoms with Crippen molar-refractivity contribution in [2.24, 2.45) is 0 Å². The number of benzene rings is 1. The Morgan fingerprint density at radius 1 is 1.38 bits per heavy atom. The van der Waals surface area contributed by atoms with Gasteiger partial charge in [0, 0.05) is 23.5 Å². The normalized spacial score (nSPS) is 10.7. The fourth-order valence-corrected chi connectivity index (χ4v) is 2.49. The Morgan fingerprint density at radius 3 is 2.88 bits per heavy atom. The highest BCUT2D eigenvalue weighted by Crippen LogP contribution is 2.20. The number of carbonyl (C=O) groups excluding carboxylic acids is 1. The van der Waals surface area contributed by atoms with Crippen LogP contribution >= 0.6 is 0 Å². The number of fused-ring (bicyclic) bond motifs is 1. The summed E-state index contributed by atoms with van der Waals surface area (Å²) in [5, 5.41) is 20.5. The predicted molar refractivity (Wildman–Crippen MR) is 85.7 cm³/mol. The number of hydrogen-bond donors (Lipinski definition) is 3. The van der Waals surface area contributed by atoms with Crippen LogP contribution in [0.5, 0.6) is 0 Å². The van der Waals surface area contributed by atoms with E-state index < -0.39 is 10.8 Å². The quantitative estimate of drug-likeness (QED) is 0.492. The minimum Gasteiger partial charge on any atom is -0.346 e. The molecule has 9 heteroatoms. The van der Waals surface area contributed by atoms with Gasteiger partial charge in [0.1, 0.15) is 5.69 Å². The Balaban J connectivity index is 1.88. The summed E-state index contributed by atoms with van der Waals surface area (Å²) in [5.74, 6) is -0.685. The van der Waals surface area contributed by atoms with E-state index in [4.69, 9.17) is 0 Å². The minimum absolute atomic E-state index is 0.0479. The van der Waals surface area contributed by atoms with E-state index in [1.54, 1.807) is 12.1 Å². The summed E-state index contributed by atoms with van der Waals surface area (Å²) in [5.41, 5.74) is 0.523. The maximum atomic E-state index is 12.2. The Labute approximate surface area is 134 Å². The Hall–Kier alpha value is -3.49. The third-order valence-electron chi connectivity index (χ3n) is 3.59. The molecule has 0 radical (unpaired) electrons. The maximum Gasteiger partial charge on any atom is 0.322 e. The molecule has 1 amide bonds. The molecule has 0 unspecified atom stereocenters. The third-order valence-corrected chi connectivity index (χ3v) is 3.59. The molecular weight excluding hydrogens is 314 g/mol. The van der Waals surface area contributed by atoms with Crippen molar-refractivity contribution in [3.63, 3.8) is 0 Å². The molecule has 0 bridgehead atoms. The Morgan fingerprint density at radius 2 is 2.12 bits per heavy atom. The van der Waals surface area contributed by atoms with E-state index in [1.807, 2.05) is 12.1 Å². The third kappa shape index (κ3) is 2.74. The van der Waals surface area contributed by atoms with Gasteiger partial charge in [-0.15, -0.1) is 0 Å². The average molecular weight is 327 g/mol. The van der Waals surface area contributed by atoms with Gasteiger partial charge in [-0.25, -0.2) is 0 Å². The number of nitrogens with one attached hydrogen (secondary N) is 3. The number of aromatic nitrogens is 3. The zero-order chi connectivity index (χ0) is 17.3. The second-order valence-electron chi connectivity index (χ2n) is 5.19. The second kappa shape index (κ2) is 5.95. The molecule has 3 aromatic rings. The molecule has 0 fully saturated rings. The summed E-state index contributed by atoms with van der Waals surface area (Å²) >= 11 is 0. The van der Waals surface area contributed by atoms with Gasteiger partial charge in [0.25, 0.3) is 5.91 Å². The number of nitrogens with zero attached hydrogens (tertiary/aromatic N) is 2. The Kier molecular flexibility index (Phi) is 3.82. The number of hydrogen-bond acceptors (Lipinski definition) is 5. The lowest BCUT2D eigenvalue weighted by Gasteiger charge is -2.07. The van der Waals surface area contributed by atoms with Gasteiger partial charge >= 0.3 is 5.69 Å². The van der Waals surface area contributed by atoms with Crippen LogP contribution in [-0.4, -0.2) is 26.0 Å². The van der Waals surface area contributed by atoms with Crippen LogP contribution in [0.1, 0.15) is 21.7 Å². The molecule has 0 saturated carbocycles. The molecular formula is C15H13N5O4. The zero-order valence-electron chi connectivity index (χ0n) is 12.6. The van der Waals surface area contributed by atoms with E-state index in [0.717, 1.165) is 5.39 Å². The summed E-state index contributed by atoms with van der Waals surface area (Å²) in [6.45, 7) is 1.51. The van der Waals surface area contributed by atoms with Gasteiger partial charge in [0.05, 0.1) is 4.92 Å². The molecule has 0 spiro atoms. The van der Waals surface area contributed by atoms with Crippen LogP contribution in [0.4, 0.5) is 5.69 Å². The van der Waals surface area contributed by atoms with E-state index in [-0.39, 0.29) is 29.2 Å². The first-order chi connectivity index (χ1) is 11.5. The van der Waals surface area contributed by atoms with Crippen LogP contribution in [0.2, 0.25) is 0 Å². The van der Waals surface area contributed by atoms with Gasteiger partial charge in [-0.1, -0.05) is 18.2 Å². The molecule has 0 saturated heterocycles. The zero-order valence-corrected chi connectivity index (χ0v) is 12.6. The van der Waals surface area contributed by atoms with Gasteiger partial charge in [-0.2, -0.15) is 5.10 Å². The standard InChI is InChI=1S/C15H13N5O4/c1-8-14(20(23)24)13(19-18-8)15(22)16-7-9-6-12(21)17-11-5-3-2-4-10(9)11/h2-6H,7H2,1H3,(H,16,22)(H,17,21)(H,18,19). The number of amides is 1. The summed E-state index contributed by atoms with van der Waals surface area (Å²) in [7, 11) is 0. The van der Waals surface area contributed by atoms with Gasteiger partial charge in [-0.05, 0) is 18.6 Å². The fraction of sp³-hybridized carbons (Fsp3) is 0.133. The smallest absolute Gasteiger partial charge is 0.322 e. The highest BCUT2D eigenvalue weighted by molar-refractivity contribution is 5.96. The van der Waals surface area contributed by atoms with Crippen molar-refractivity contribution in [3.05, 3.63) is 67.8 Å². The SMILES string of the molecule is Cc1[nH]nc(C(=O)NCc2cc(=O)[nH]c3ccccc23)c1[N+](=O)[O-]. The Bertz CT molecular complexity index is 1000. The van der Waals surface area contributed by atoms with Gasteiger partial charge in [0.15, 0.2) is 0 Å². The molecule has 0 aliphatic rings. The van der Waals surface area contributed by atoms with Crippen LogP contribution in [0.25, 0.3) is 10.9 Å². The number of para-hydroxylation sites is 1. The van der Waals surface area contributed by atoms with Crippen molar-refractivity contribution in [1.29, 1.82) is 0 Å². The second-order valence-corrected chi connectivity index (χ2v) is 5.19. The van der Waals surface area contributed by atoms with Crippen molar-refractivity contribution in [3.8, 4) is 0 Å². The van der Waals surface area contributed by atoms with Gasteiger partial charge in [-0.3, -0.25) is 24.8 Å². The molecule has 0 aliphatic heterocycles. The molecule has 1 aromatic carbocycles. The van der Waals surface area contributed by atoms with Crippen molar-refractivity contribution in [2.75, 3.05) is 0 Å². The van der Waals surface area contributed by atoms with Crippen molar-refractivity contribution >= 4 is 22.5 Å². The fourth-order valence-electron chi connectivity index (χ4n) is 2.49. The molecule has 3 rings (SSSR count). The van der Waals surface area contributed by atoms with E-state index in [9.17, 15) is 19.7 Å². The van der Waals surface area contributed by atoms with Crippen LogP contribution in [0, 0.1) is 17.0 Å². The lowest BCUT2D eigenvalue weighted by Crippen LogP contribution is -2.25. The van der Waals surface area contributed by atoms with E-state index >= 15 is 0 Å². The first kappa shape index (κ1) is 15.4.